The number of carboxylic acid groups (broad SMARTS) is 1. The van der Waals surface area contributed by atoms with Crippen LogP contribution in [-0.4, -0.2) is 72.2 Å². The molecule has 0 aliphatic carbocycles. The number of halogens is 3. The molecule has 0 radical (unpaired) electrons. The SMILES string of the molecule is COc1ccc(CNCC2OCCc3cn(CC(=O)N(C)C)nc32)cc1.O=C(O)C(F)(F)F. The number of aromatic nitrogens is 2. The third-order valence-electron chi connectivity index (χ3n) is 4.72. The van der Waals surface area contributed by atoms with E-state index in [0.29, 0.717) is 13.2 Å². The molecule has 2 aromatic rings. The Morgan fingerprint density at radius 3 is 2.48 bits per heavy atom. The number of benzene rings is 1. The minimum absolute atomic E-state index is 0.0277. The highest BCUT2D eigenvalue weighted by molar-refractivity contribution is 5.75. The molecule has 12 heteroatoms. The van der Waals surface area contributed by atoms with Crippen molar-refractivity contribution in [2.75, 3.05) is 34.4 Å². The summed E-state index contributed by atoms with van der Waals surface area (Å²) in [5, 5.41) is 15.1. The van der Waals surface area contributed by atoms with Gasteiger partial charge in [-0.3, -0.25) is 9.48 Å². The number of hydrogen-bond acceptors (Lipinski definition) is 6. The number of likely N-dealkylation sites (N-methyl/N-ethyl adjacent to an activating group) is 1. The molecule has 1 aromatic heterocycles. The average molecular weight is 472 g/mol. The van der Waals surface area contributed by atoms with Crippen LogP contribution < -0.4 is 10.1 Å². The van der Waals surface area contributed by atoms with Crippen LogP contribution in [0.2, 0.25) is 0 Å². The van der Waals surface area contributed by atoms with Crippen LogP contribution >= 0.6 is 0 Å². The summed E-state index contributed by atoms with van der Waals surface area (Å²) in [4.78, 5) is 22.4. The lowest BCUT2D eigenvalue weighted by Gasteiger charge is -2.22. The van der Waals surface area contributed by atoms with Gasteiger partial charge in [0.25, 0.3) is 0 Å². The number of fused-ring (bicyclic) bond motifs is 1. The van der Waals surface area contributed by atoms with E-state index in [0.717, 1.165) is 24.4 Å². The van der Waals surface area contributed by atoms with Crippen LogP contribution in [0.4, 0.5) is 13.2 Å². The molecule has 1 atom stereocenters. The molecule has 182 valence electrons. The molecule has 0 bridgehead atoms. The summed E-state index contributed by atoms with van der Waals surface area (Å²) in [7, 11) is 5.16. The number of ether oxygens (including phenoxy) is 2. The van der Waals surface area contributed by atoms with Crippen LogP contribution in [-0.2, 0) is 33.8 Å². The third-order valence-corrected chi connectivity index (χ3v) is 4.72. The van der Waals surface area contributed by atoms with Gasteiger partial charge in [0, 0.05) is 33.4 Å². The first-order chi connectivity index (χ1) is 15.5. The first-order valence-corrected chi connectivity index (χ1v) is 10.0. The van der Waals surface area contributed by atoms with E-state index in [1.54, 1.807) is 30.8 Å². The number of aliphatic carboxylic acids is 1. The van der Waals surface area contributed by atoms with Crippen molar-refractivity contribution in [1.82, 2.24) is 20.0 Å². The monoisotopic (exact) mass is 472 g/mol. The van der Waals surface area contributed by atoms with Crippen LogP contribution in [0, 0.1) is 0 Å². The van der Waals surface area contributed by atoms with Crippen molar-refractivity contribution in [3.8, 4) is 5.75 Å². The van der Waals surface area contributed by atoms with Crippen LogP contribution in [0.1, 0.15) is 22.9 Å². The Hall–Kier alpha value is -3.12. The van der Waals surface area contributed by atoms with E-state index in [1.807, 2.05) is 30.5 Å². The summed E-state index contributed by atoms with van der Waals surface area (Å²) in [6.07, 6.45) is -2.37. The standard InChI is InChI=1S/C19H26N4O3.C2HF3O2/c1-22(2)18(24)13-23-12-15-8-9-26-17(19(15)21-23)11-20-10-14-4-6-16(25-3)7-5-14;3-2(4,5)1(6)7/h4-7,12,17,20H,8-11,13H2,1-3H3;(H,6,7). The molecule has 1 aliphatic rings. The quantitative estimate of drug-likeness (QED) is 0.635. The highest BCUT2D eigenvalue weighted by atomic mass is 19.4. The lowest BCUT2D eigenvalue weighted by Crippen LogP contribution is -2.28. The first kappa shape index (κ1) is 26.1. The molecule has 0 spiro atoms. The number of nitrogens with one attached hydrogen (secondary N) is 1. The van der Waals surface area contributed by atoms with Crippen molar-refractivity contribution < 1.29 is 37.3 Å². The van der Waals surface area contributed by atoms with Crippen molar-refractivity contribution >= 4 is 11.9 Å². The molecule has 9 nitrogen and oxygen atoms in total. The summed E-state index contributed by atoms with van der Waals surface area (Å²) in [5.74, 6) is -1.88. The van der Waals surface area contributed by atoms with E-state index in [4.69, 9.17) is 19.4 Å². The Morgan fingerprint density at radius 2 is 1.94 bits per heavy atom. The second-order valence-corrected chi connectivity index (χ2v) is 7.42. The Kier molecular flexibility index (Phi) is 9.23. The molecule has 1 amide bonds. The topological polar surface area (TPSA) is 106 Å². The molecule has 1 aromatic carbocycles. The summed E-state index contributed by atoms with van der Waals surface area (Å²) < 4.78 is 44.5. The van der Waals surface area contributed by atoms with E-state index in [9.17, 15) is 18.0 Å². The maximum atomic E-state index is 11.9. The van der Waals surface area contributed by atoms with E-state index < -0.39 is 12.1 Å². The van der Waals surface area contributed by atoms with Gasteiger partial charge in [-0.25, -0.2) is 4.79 Å². The lowest BCUT2D eigenvalue weighted by atomic mass is 10.1. The summed E-state index contributed by atoms with van der Waals surface area (Å²) in [6, 6.07) is 7.99. The van der Waals surface area contributed by atoms with E-state index in [2.05, 4.69) is 10.4 Å². The van der Waals surface area contributed by atoms with E-state index in [-0.39, 0.29) is 18.6 Å². The number of methoxy groups -OCH3 is 1. The average Bonchev–Trinajstić information content (AvgIpc) is 3.17. The normalized spacial score (nSPS) is 15.2. The molecule has 0 fully saturated rings. The largest absolute Gasteiger partial charge is 0.497 e. The molecule has 0 saturated heterocycles. The van der Waals surface area contributed by atoms with Gasteiger partial charge < -0.3 is 24.8 Å². The fourth-order valence-electron chi connectivity index (χ4n) is 2.94. The van der Waals surface area contributed by atoms with Crippen molar-refractivity contribution in [2.24, 2.45) is 0 Å². The number of alkyl halides is 3. The zero-order chi connectivity index (χ0) is 24.6. The lowest BCUT2D eigenvalue weighted by molar-refractivity contribution is -0.192. The molecule has 3 rings (SSSR count). The minimum atomic E-state index is -5.08. The molecule has 2 N–H and O–H groups in total. The molecule has 2 heterocycles. The Morgan fingerprint density at radius 1 is 1.30 bits per heavy atom. The van der Waals surface area contributed by atoms with Gasteiger partial charge in [-0.15, -0.1) is 0 Å². The molecule has 1 unspecified atom stereocenters. The van der Waals surface area contributed by atoms with Crippen LogP contribution in [0.15, 0.2) is 30.5 Å². The minimum Gasteiger partial charge on any atom is -0.497 e. The smallest absolute Gasteiger partial charge is 0.490 e. The predicted molar refractivity (Wildman–Crippen MR) is 112 cm³/mol. The third kappa shape index (κ3) is 8.06. The van der Waals surface area contributed by atoms with Gasteiger partial charge >= 0.3 is 12.1 Å². The summed E-state index contributed by atoms with van der Waals surface area (Å²) in [6.45, 7) is 2.36. The maximum Gasteiger partial charge on any atom is 0.490 e. The van der Waals surface area contributed by atoms with E-state index >= 15 is 0 Å². The Balaban J connectivity index is 0.000000479. The van der Waals surface area contributed by atoms with Gasteiger partial charge in [0.15, 0.2) is 0 Å². The number of rotatable bonds is 7. The molecular formula is C21H27F3N4O5. The summed E-state index contributed by atoms with van der Waals surface area (Å²) in [5.41, 5.74) is 3.29. The van der Waals surface area contributed by atoms with Crippen molar-refractivity contribution in [3.05, 3.63) is 47.3 Å². The molecule has 33 heavy (non-hydrogen) atoms. The number of carboxylic acids is 1. The zero-order valence-corrected chi connectivity index (χ0v) is 18.6. The van der Waals surface area contributed by atoms with Gasteiger partial charge in [0.05, 0.1) is 19.4 Å². The predicted octanol–water partition coefficient (Wildman–Crippen LogP) is 2.02. The number of amides is 1. The highest BCUT2D eigenvalue weighted by Gasteiger charge is 2.38. The van der Waals surface area contributed by atoms with Gasteiger partial charge in [0.2, 0.25) is 5.91 Å². The fourth-order valence-corrected chi connectivity index (χ4v) is 2.94. The Labute approximate surface area is 189 Å². The van der Waals surface area contributed by atoms with Crippen molar-refractivity contribution in [2.45, 2.75) is 31.8 Å². The van der Waals surface area contributed by atoms with Gasteiger partial charge in [-0.2, -0.15) is 18.3 Å². The summed E-state index contributed by atoms with van der Waals surface area (Å²) >= 11 is 0. The number of hydrogen-bond donors (Lipinski definition) is 2. The van der Waals surface area contributed by atoms with E-state index in [1.165, 1.54) is 11.1 Å². The number of carbonyl (C=O) groups excluding carboxylic acids is 1. The molecule has 1 aliphatic heterocycles. The second kappa shape index (κ2) is 11.7. The maximum absolute atomic E-state index is 11.9. The van der Waals surface area contributed by atoms with Gasteiger partial charge in [-0.05, 0) is 29.7 Å². The van der Waals surface area contributed by atoms with Crippen LogP contribution in [0.3, 0.4) is 0 Å². The first-order valence-electron chi connectivity index (χ1n) is 10.0. The van der Waals surface area contributed by atoms with Crippen molar-refractivity contribution in [1.29, 1.82) is 0 Å². The van der Waals surface area contributed by atoms with Crippen LogP contribution in [0.5, 0.6) is 5.75 Å². The van der Waals surface area contributed by atoms with Crippen LogP contribution in [0.25, 0.3) is 0 Å². The second-order valence-electron chi connectivity index (χ2n) is 7.42. The number of nitrogens with zero attached hydrogens (tertiary/aromatic N) is 3. The van der Waals surface area contributed by atoms with Gasteiger partial charge in [0.1, 0.15) is 18.4 Å². The molecule has 0 saturated carbocycles. The van der Waals surface area contributed by atoms with Gasteiger partial charge in [-0.1, -0.05) is 12.1 Å². The Bertz CT molecular complexity index is 929. The highest BCUT2D eigenvalue weighted by Crippen LogP contribution is 2.25. The number of carbonyl (C=O) groups is 2. The molecular weight excluding hydrogens is 445 g/mol. The van der Waals surface area contributed by atoms with Crippen molar-refractivity contribution in [3.63, 3.8) is 0 Å². The fraction of sp³-hybridized carbons (Fsp3) is 0.476. The zero-order valence-electron chi connectivity index (χ0n) is 18.6.